The maximum Gasteiger partial charge on any atom is 0.257 e. The molecule has 1 fully saturated rings. The molecule has 1 amide bonds. The molecule has 1 saturated heterocycles. The van der Waals surface area contributed by atoms with E-state index in [2.05, 4.69) is 22.4 Å². The van der Waals surface area contributed by atoms with Gasteiger partial charge < -0.3 is 14.7 Å². The van der Waals surface area contributed by atoms with Crippen LogP contribution in [0.5, 0.6) is 0 Å². The summed E-state index contributed by atoms with van der Waals surface area (Å²) in [5.74, 6) is 0.0170. The van der Waals surface area contributed by atoms with Crippen molar-refractivity contribution in [3.63, 3.8) is 0 Å². The van der Waals surface area contributed by atoms with Crippen LogP contribution in [0.25, 0.3) is 11.1 Å². The van der Waals surface area contributed by atoms with E-state index in [1.54, 1.807) is 6.20 Å². The molecule has 3 rings (SSSR count). The minimum atomic E-state index is 0.0170. The summed E-state index contributed by atoms with van der Waals surface area (Å²) < 4.78 is 5.05. The van der Waals surface area contributed by atoms with Crippen molar-refractivity contribution < 1.29 is 9.32 Å². The second-order valence-electron chi connectivity index (χ2n) is 4.95. The van der Waals surface area contributed by atoms with Gasteiger partial charge in [-0.15, -0.1) is 0 Å². The fourth-order valence-corrected chi connectivity index (χ4v) is 2.36. The van der Waals surface area contributed by atoms with Crippen LogP contribution in [0, 0.1) is 6.92 Å². The molecule has 3 heterocycles. The Hall–Kier alpha value is -1.95. The highest BCUT2D eigenvalue weighted by Gasteiger charge is 2.22. The minimum absolute atomic E-state index is 0.0170. The van der Waals surface area contributed by atoms with Gasteiger partial charge in [-0.1, -0.05) is 5.16 Å². The number of carbonyl (C=O) groups is 1. The van der Waals surface area contributed by atoms with Crippen LogP contribution in [0.4, 0.5) is 0 Å². The Morgan fingerprint density at radius 2 is 2.42 bits per heavy atom. The number of nitrogens with zero attached hydrogens (tertiary/aromatic N) is 3. The third-order valence-electron chi connectivity index (χ3n) is 3.41. The van der Waals surface area contributed by atoms with E-state index in [1.807, 2.05) is 17.9 Å². The van der Waals surface area contributed by atoms with E-state index in [4.69, 9.17) is 4.52 Å². The first-order chi connectivity index (χ1) is 9.15. The molecule has 2 aromatic rings. The number of aryl methyl sites for hydroxylation is 1. The molecule has 0 aliphatic carbocycles. The molecule has 1 unspecified atom stereocenters. The number of hydrogen-bond acceptors (Lipinski definition) is 5. The highest BCUT2D eigenvalue weighted by molar-refractivity contribution is 5.97. The van der Waals surface area contributed by atoms with Gasteiger partial charge in [-0.2, -0.15) is 0 Å². The number of pyridine rings is 1. The van der Waals surface area contributed by atoms with Gasteiger partial charge in [0.25, 0.3) is 11.6 Å². The molecule has 0 saturated carbocycles. The third-order valence-corrected chi connectivity index (χ3v) is 3.41. The summed E-state index contributed by atoms with van der Waals surface area (Å²) >= 11 is 0. The summed E-state index contributed by atoms with van der Waals surface area (Å²) in [5.41, 5.74) is 1.82. The lowest BCUT2D eigenvalue weighted by atomic mass is 10.1. The topological polar surface area (TPSA) is 71.3 Å². The average molecular weight is 260 g/mol. The number of amides is 1. The van der Waals surface area contributed by atoms with E-state index in [1.165, 1.54) is 0 Å². The summed E-state index contributed by atoms with van der Waals surface area (Å²) in [6.07, 6.45) is 1.56. The predicted octanol–water partition coefficient (Wildman–Crippen LogP) is 0.965. The molecule has 0 aromatic carbocycles. The number of aromatic nitrogens is 2. The zero-order valence-corrected chi connectivity index (χ0v) is 11.0. The molecular weight excluding hydrogens is 244 g/mol. The van der Waals surface area contributed by atoms with Crippen LogP contribution in [0.2, 0.25) is 0 Å². The van der Waals surface area contributed by atoms with Gasteiger partial charge in [-0.25, -0.2) is 4.98 Å². The number of hydrogen-bond donors (Lipinski definition) is 1. The molecule has 1 N–H and O–H groups in total. The number of fused-ring (bicyclic) bond motifs is 1. The molecule has 1 aliphatic heterocycles. The van der Waals surface area contributed by atoms with E-state index in [9.17, 15) is 4.79 Å². The summed E-state index contributed by atoms with van der Waals surface area (Å²) in [6.45, 7) is 6.19. The first-order valence-electron chi connectivity index (χ1n) is 6.40. The summed E-state index contributed by atoms with van der Waals surface area (Å²) in [6, 6.07) is 2.13. The van der Waals surface area contributed by atoms with E-state index < -0.39 is 0 Å². The quantitative estimate of drug-likeness (QED) is 0.827. The van der Waals surface area contributed by atoms with Gasteiger partial charge in [0.05, 0.1) is 16.6 Å². The Morgan fingerprint density at radius 3 is 3.21 bits per heavy atom. The Kier molecular flexibility index (Phi) is 2.94. The summed E-state index contributed by atoms with van der Waals surface area (Å²) in [5, 5.41) is 7.97. The van der Waals surface area contributed by atoms with E-state index in [0.29, 0.717) is 17.3 Å². The van der Waals surface area contributed by atoms with E-state index >= 15 is 0 Å². The van der Waals surface area contributed by atoms with Crippen molar-refractivity contribution in [3.8, 4) is 0 Å². The lowest BCUT2D eigenvalue weighted by Gasteiger charge is -2.31. The zero-order valence-electron chi connectivity index (χ0n) is 11.0. The number of rotatable bonds is 1. The van der Waals surface area contributed by atoms with Crippen LogP contribution in [0.3, 0.4) is 0 Å². The van der Waals surface area contributed by atoms with Crippen LogP contribution in [0.15, 0.2) is 16.8 Å². The molecule has 0 bridgehead atoms. The number of carbonyl (C=O) groups excluding carboxylic acids is 1. The van der Waals surface area contributed by atoms with Crippen molar-refractivity contribution in [2.45, 2.75) is 19.9 Å². The van der Waals surface area contributed by atoms with Gasteiger partial charge in [0.15, 0.2) is 0 Å². The van der Waals surface area contributed by atoms with Crippen LogP contribution in [-0.2, 0) is 0 Å². The van der Waals surface area contributed by atoms with Gasteiger partial charge in [0.1, 0.15) is 0 Å². The second kappa shape index (κ2) is 4.62. The maximum atomic E-state index is 12.4. The van der Waals surface area contributed by atoms with Crippen molar-refractivity contribution in [1.29, 1.82) is 0 Å². The molecule has 0 radical (unpaired) electrons. The summed E-state index contributed by atoms with van der Waals surface area (Å²) in [4.78, 5) is 18.4. The first-order valence-corrected chi connectivity index (χ1v) is 6.40. The molecule has 6 nitrogen and oxygen atoms in total. The molecule has 0 spiro atoms. The highest BCUT2D eigenvalue weighted by Crippen LogP contribution is 2.18. The SMILES string of the molecule is Cc1noc2ncc(C(=O)N3CCNC(C)C3)cc12. The van der Waals surface area contributed by atoms with Crippen molar-refractivity contribution in [1.82, 2.24) is 20.4 Å². The molecule has 2 aromatic heterocycles. The Bertz CT molecular complexity index is 622. The Labute approximate surface area is 110 Å². The van der Waals surface area contributed by atoms with Crippen molar-refractivity contribution >= 4 is 17.0 Å². The van der Waals surface area contributed by atoms with Crippen LogP contribution in [0.1, 0.15) is 23.0 Å². The highest BCUT2D eigenvalue weighted by atomic mass is 16.5. The third kappa shape index (κ3) is 2.19. The standard InChI is InChI=1S/C13H16N4O2/c1-8-7-17(4-3-14-8)13(18)10-5-11-9(2)16-19-12(11)15-6-10/h5-6,8,14H,3-4,7H2,1-2H3. The van der Waals surface area contributed by atoms with Crippen molar-refractivity contribution in [3.05, 3.63) is 23.5 Å². The Balaban J connectivity index is 1.90. The predicted molar refractivity (Wildman–Crippen MR) is 69.9 cm³/mol. The maximum absolute atomic E-state index is 12.4. The van der Waals surface area contributed by atoms with Crippen LogP contribution in [-0.4, -0.2) is 46.6 Å². The summed E-state index contributed by atoms with van der Waals surface area (Å²) in [7, 11) is 0. The fraction of sp³-hybridized carbons (Fsp3) is 0.462. The fourth-order valence-electron chi connectivity index (χ4n) is 2.36. The monoisotopic (exact) mass is 260 g/mol. The number of nitrogens with one attached hydrogen (secondary N) is 1. The molecule has 1 atom stereocenters. The van der Waals surface area contributed by atoms with Gasteiger partial charge in [-0.3, -0.25) is 4.79 Å². The van der Waals surface area contributed by atoms with Crippen molar-refractivity contribution in [2.24, 2.45) is 0 Å². The zero-order chi connectivity index (χ0) is 13.4. The molecule has 6 heteroatoms. The molecular formula is C13H16N4O2. The van der Waals surface area contributed by atoms with Crippen LogP contribution < -0.4 is 5.32 Å². The lowest BCUT2D eigenvalue weighted by molar-refractivity contribution is 0.0709. The first kappa shape index (κ1) is 12.1. The second-order valence-corrected chi connectivity index (χ2v) is 4.95. The minimum Gasteiger partial charge on any atom is -0.336 e. The average Bonchev–Trinajstić information content (AvgIpc) is 2.79. The van der Waals surface area contributed by atoms with E-state index in [0.717, 1.165) is 30.7 Å². The van der Waals surface area contributed by atoms with Gasteiger partial charge in [-0.05, 0) is 19.9 Å². The molecule has 1 aliphatic rings. The van der Waals surface area contributed by atoms with Crippen molar-refractivity contribution in [2.75, 3.05) is 19.6 Å². The number of piperazine rings is 1. The van der Waals surface area contributed by atoms with Crippen LogP contribution >= 0.6 is 0 Å². The van der Waals surface area contributed by atoms with Gasteiger partial charge in [0, 0.05) is 31.9 Å². The lowest BCUT2D eigenvalue weighted by Crippen LogP contribution is -2.51. The largest absolute Gasteiger partial charge is 0.336 e. The molecule has 100 valence electrons. The van der Waals surface area contributed by atoms with Gasteiger partial charge >= 0.3 is 0 Å². The normalized spacial score (nSPS) is 19.9. The smallest absolute Gasteiger partial charge is 0.257 e. The van der Waals surface area contributed by atoms with E-state index in [-0.39, 0.29) is 5.91 Å². The van der Waals surface area contributed by atoms with Gasteiger partial charge in [0.2, 0.25) is 0 Å². The molecule has 19 heavy (non-hydrogen) atoms. The Morgan fingerprint density at radius 1 is 1.58 bits per heavy atom.